The van der Waals surface area contributed by atoms with Gasteiger partial charge in [0.2, 0.25) is 0 Å². The van der Waals surface area contributed by atoms with Crippen molar-refractivity contribution in [1.82, 2.24) is 5.32 Å². The lowest BCUT2D eigenvalue weighted by Crippen LogP contribution is -2.36. The van der Waals surface area contributed by atoms with Crippen molar-refractivity contribution in [2.45, 2.75) is 39.2 Å². The third-order valence-electron chi connectivity index (χ3n) is 3.07. The van der Waals surface area contributed by atoms with Crippen LogP contribution in [0.5, 0.6) is 5.75 Å². The first kappa shape index (κ1) is 17.5. The second kappa shape index (κ2) is 10.2. The minimum atomic E-state index is 0.338. The summed E-state index contributed by atoms with van der Waals surface area (Å²) in [5.41, 5.74) is 1.25. The van der Waals surface area contributed by atoms with E-state index in [0.717, 1.165) is 49.2 Å². The Labute approximate surface area is 131 Å². The van der Waals surface area contributed by atoms with Crippen LogP contribution >= 0.6 is 15.9 Å². The van der Waals surface area contributed by atoms with E-state index in [1.807, 2.05) is 12.1 Å². The summed E-state index contributed by atoms with van der Waals surface area (Å²) in [4.78, 5) is 0. The molecule has 20 heavy (non-hydrogen) atoms. The third kappa shape index (κ3) is 6.25. The van der Waals surface area contributed by atoms with Gasteiger partial charge in [-0.3, -0.25) is 0 Å². The zero-order valence-electron chi connectivity index (χ0n) is 12.7. The van der Waals surface area contributed by atoms with Crippen molar-refractivity contribution in [3.63, 3.8) is 0 Å². The van der Waals surface area contributed by atoms with Crippen LogP contribution in [0.4, 0.5) is 0 Å². The van der Waals surface area contributed by atoms with E-state index in [9.17, 15) is 0 Å². The van der Waals surface area contributed by atoms with Crippen LogP contribution in [0, 0.1) is 0 Å². The van der Waals surface area contributed by atoms with E-state index in [2.05, 4.69) is 41.2 Å². The fourth-order valence-corrected chi connectivity index (χ4v) is 2.42. The normalized spacial score (nSPS) is 12.4. The van der Waals surface area contributed by atoms with Crippen LogP contribution in [0.2, 0.25) is 0 Å². The molecule has 0 saturated heterocycles. The van der Waals surface area contributed by atoms with E-state index in [1.54, 1.807) is 7.11 Å². The summed E-state index contributed by atoms with van der Waals surface area (Å²) in [7, 11) is 1.70. The SMILES string of the molecule is CCCNC(COCCC)Cc1cc(OC)ccc1Br. The summed E-state index contributed by atoms with van der Waals surface area (Å²) in [6.45, 7) is 6.90. The van der Waals surface area contributed by atoms with Gasteiger partial charge in [0.1, 0.15) is 5.75 Å². The first-order valence-corrected chi connectivity index (χ1v) is 8.14. The molecule has 0 saturated carbocycles. The van der Waals surface area contributed by atoms with Gasteiger partial charge in [-0.25, -0.2) is 0 Å². The summed E-state index contributed by atoms with van der Waals surface area (Å²) >= 11 is 3.61. The second-order valence-corrected chi connectivity index (χ2v) is 5.74. The molecule has 0 aliphatic rings. The quantitative estimate of drug-likeness (QED) is 0.655. The molecule has 0 spiro atoms. The van der Waals surface area contributed by atoms with Crippen molar-refractivity contribution in [1.29, 1.82) is 0 Å². The Morgan fingerprint density at radius 3 is 2.70 bits per heavy atom. The van der Waals surface area contributed by atoms with Crippen LogP contribution in [0.1, 0.15) is 32.3 Å². The third-order valence-corrected chi connectivity index (χ3v) is 3.84. The number of benzene rings is 1. The van der Waals surface area contributed by atoms with Gasteiger partial charge < -0.3 is 14.8 Å². The van der Waals surface area contributed by atoms with Crippen molar-refractivity contribution in [3.05, 3.63) is 28.2 Å². The van der Waals surface area contributed by atoms with Crippen molar-refractivity contribution in [2.75, 3.05) is 26.9 Å². The van der Waals surface area contributed by atoms with Gasteiger partial charge in [-0.2, -0.15) is 0 Å². The van der Waals surface area contributed by atoms with E-state index >= 15 is 0 Å². The molecule has 0 heterocycles. The Kier molecular flexibility index (Phi) is 8.90. The Morgan fingerprint density at radius 2 is 2.05 bits per heavy atom. The van der Waals surface area contributed by atoms with Gasteiger partial charge in [0.15, 0.2) is 0 Å². The number of ether oxygens (including phenoxy) is 2. The average molecular weight is 344 g/mol. The number of nitrogens with one attached hydrogen (secondary N) is 1. The molecule has 0 amide bonds. The predicted octanol–water partition coefficient (Wildman–Crippen LogP) is 3.80. The Balaban J connectivity index is 2.66. The fraction of sp³-hybridized carbons (Fsp3) is 0.625. The van der Waals surface area contributed by atoms with Crippen molar-refractivity contribution >= 4 is 15.9 Å². The van der Waals surface area contributed by atoms with Crippen molar-refractivity contribution < 1.29 is 9.47 Å². The summed E-state index contributed by atoms with van der Waals surface area (Å²) < 4.78 is 12.1. The Hall–Kier alpha value is -0.580. The first-order valence-electron chi connectivity index (χ1n) is 7.34. The van der Waals surface area contributed by atoms with Gasteiger partial charge in [-0.1, -0.05) is 29.8 Å². The zero-order valence-corrected chi connectivity index (χ0v) is 14.3. The number of rotatable bonds is 10. The van der Waals surface area contributed by atoms with Gasteiger partial charge in [0.05, 0.1) is 13.7 Å². The molecule has 0 radical (unpaired) electrons. The van der Waals surface area contributed by atoms with Crippen LogP contribution in [0.25, 0.3) is 0 Å². The maximum Gasteiger partial charge on any atom is 0.119 e. The molecule has 1 aromatic carbocycles. The minimum Gasteiger partial charge on any atom is -0.497 e. The largest absolute Gasteiger partial charge is 0.497 e. The Bertz CT molecular complexity index is 385. The minimum absolute atomic E-state index is 0.338. The van der Waals surface area contributed by atoms with Gasteiger partial charge in [0.25, 0.3) is 0 Å². The van der Waals surface area contributed by atoms with Crippen LogP contribution < -0.4 is 10.1 Å². The standard InChI is InChI=1S/C16H26BrNO2/c1-4-8-18-14(12-20-9-5-2)10-13-11-15(19-3)6-7-16(13)17/h6-7,11,14,18H,4-5,8-10,12H2,1-3H3. The van der Waals surface area contributed by atoms with E-state index in [4.69, 9.17) is 9.47 Å². The zero-order chi connectivity index (χ0) is 14.8. The van der Waals surface area contributed by atoms with Gasteiger partial charge in [-0.15, -0.1) is 0 Å². The summed E-state index contributed by atoms with van der Waals surface area (Å²) in [5.74, 6) is 0.895. The summed E-state index contributed by atoms with van der Waals surface area (Å²) in [6.07, 6.45) is 3.12. The van der Waals surface area contributed by atoms with Crippen LogP contribution in [-0.2, 0) is 11.2 Å². The summed E-state index contributed by atoms with van der Waals surface area (Å²) in [6, 6.07) is 6.43. The van der Waals surface area contributed by atoms with Crippen LogP contribution in [0.3, 0.4) is 0 Å². The highest BCUT2D eigenvalue weighted by molar-refractivity contribution is 9.10. The molecule has 3 nitrogen and oxygen atoms in total. The molecular formula is C16H26BrNO2. The molecule has 0 bridgehead atoms. The topological polar surface area (TPSA) is 30.5 Å². The molecule has 1 atom stereocenters. The van der Waals surface area contributed by atoms with Gasteiger partial charge >= 0.3 is 0 Å². The lowest BCUT2D eigenvalue weighted by atomic mass is 10.1. The number of hydrogen-bond acceptors (Lipinski definition) is 3. The maximum absolute atomic E-state index is 5.70. The number of halogens is 1. The number of methoxy groups -OCH3 is 1. The predicted molar refractivity (Wildman–Crippen MR) is 87.6 cm³/mol. The molecular weight excluding hydrogens is 318 g/mol. The molecule has 0 aromatic heterocycles. The van der Waals surface area contributed by atoms with Crippen molar-refractivity contribution in [2.24, 2.45) is 0 Å². The highest BCUT2D eigenvalue weighted by Gasteiger charge is 2.12. The molecule has 4 heteroatoms. The van der Waals surface area contributed by atoms with E-state index < -0.39 is 0 Å². The maximum atomic E-state index is 5.70. The molecule has 1 aromatic rings. The fourth-order valence-electron chi connectivity index (χ4n) is 2.01. The first-order chi connectivity index (χ1) is 9.71. The highest BCUT2D eigenvalue weighted by Crippen LogP contribution is 2.23. The smallest absolute Gasteiger partial charge is 0.119 e. The van der Waals surface area contributed by atoms with Gasteiger partial charge in [-0.05, 0) is 49.6 Å². The molecule has 114 valence electrons. The monoisotopic (exact) mass is 343 g/mol. The number of hydrogen-bond donors (Lipinski definition) is 1. The van der Waals surface area contributed by atoms with Gasteiger partial charge in [0, 0.05) is 17.1 Å². The average Bonchev–Trinajstić information content (AvgIpc) is 2.46. The van der Waals surface area contributed by atoms with E-state index in [0.29, 0.717) is 6.04 Å². The lowest BCUT2D eigenvalue weighted by molar-refractivity contribution is 0.111. The van der Waals surface area contributed by atoms with E-state index in [-0.39, 0.29) is 0 Å². The summed E-state index contributed by atoms with van der Waals surface area (Å²) in [5, 5.41) is 3.55. The second-order valence-electron chi connectivity index (χ2n) is 4.89. The van der Waals surface area contributed by atoms with Crippen LogP contribution in [-0.4, -0.2) is 32.9 Å². The molecule has 0 aliphatic carbocycles. The molecule has 0 fully saturated rings. The molecule has 1 N–H and O–H groups in total. The lowest BCUT2D eigenvalue weighted by Gasteiger charge is -2.19. The van der Waals surface area contributed by atoms with Crippen molar-refractivity contribution in [3.8, 4) is 5.75 Å². The Morgan fingerprint density at radius 1 is 1.25 bits per heavy atom. The van der Waals surface area contributed by atoms with Crippen LogP contribution in [0.15, 0.2) is 22.7 Å². The molecule has 1 rings (SSSR count). The molecule has 0 aliphatic heterocycles. The van der Waals surface area contributed by atoms with E-state index in [1.165, 1.54) is 5.56 Å². The molecule has 1 unspecified atom stereocenters. The highest BCUT2D eigenvalue weighted by atomic mass is 79.9.